The summed E-state index contributed by atoms with van der Waals surface area (Å²) in [5.74, 6) is 0. The Morgan fingerprint density at radius 2 is 2.00 bits per heavy atom. The summed E-state index contributed by atoms with van der Waals surface area (Å²) in [6.07, 6.45) is 3.24. The van der Waals surface area contributed by atoms with Crippen molar-refractivity contribution in [3.8, 4) is 0 Å². The van der Waals surface area contributed by atoms with Crippen molar-refractivity contribution in [2.24, 2.45) is 0 Å². The number of pyridine rings is 1. The van der Waals surface area contributed by atoms with Crippen LogP contribution in [0.25, 0.3) is 11.0 Å². The topological polar surface area (TPSA) is 60.9 Å². The predicted octanol–water partition coefficient (Wildman–Crippen LogP) is 2.39. The molecular weight excluding hydrogens is 250 g/mol. The molecule has 0 saturated carbocycles. The van der Waals surface area contributed by atoms with Crippen LogP contribution in [0.1, 0.15) is 17.2 Å². The monoisotopic (exact) mass is 267 g/mol. The number of aromatic amines is 1. The lowest BCUT2D eigenvalue weighted by Gasteiger charge is -2.11. The first-order valence-electron chi connectivity index (χ1n) is 6.69. The molecule has 1 aromatic carbocycles. The number of fused-ring (bicyclic) bond motifs is 1. The van der Waals surface area contributed by atoms with E-state index in [1.165, 1.54) is 0 Å². The number of H-pyrrole nitrogens is 1. The van der Waals surface area contributed by atoms with Crippen molar-refractivity contribution in [2.75, 3.05) is 6.54 Å². The number of nitrogens with zero attached hydrogens (tertiary/aromatic N) is 1. The van der Waals surface area contributed by atoms with E-state index in [1.807, 2.05) is 48.7 Å². The lowest BCUT2D eigenvalue weighted by Crippen LogP contribution is -2.20. The van der Waals surface area contributed by atoms with Crippen LogP contribution in [0.15, 0.2) is 54.9 Å². The average Bonchev–Trinajstić information content (AvgIpc) is 2.92. The van der Waals surface area contributed by atoms with E-state index in [0.29, 0.717) is 13.1 Å². The van der Waals surface area contributed by atoms with Crippen molar-refractivity contribution >= 4 is 11.0 Å². The fourth-order valence-electron chi connectivity index (χ4n) is 2.30. The highest BCUT2D eigenvalue weighted by molar-refractivity contribution is 5.79. The van der Waals surface area contributed by atoms with E-state index in [-0.39, 0.29) is 0 Å². The zero-order chi connectivity index (χ0) is 13.8. The second-order valence-electron chi connectivity index (χ2n) is 4.77. The molecule has 4 nitrogen and oxygen atoms in total. The summed E-state index contributed by atoms with van der Waals surface area (Å²) in [4.78, 5) is 7.40. The molecule has 3 aromatic rings. The first kappa shape index (κ1) is 12.8. The molecule has 0 aliphatic carbocycles. The lowest BCUT2D eigenvalue weighted by atomic mass is 10.1. The second-order valence-corrected chi connectivity index (χ2v) is 4.77. The van der Waals surface area contributed by atoms with Crippen LogP contribution >= 0.6 is 0 Å². The number of aliphatic hydroxyl groups is 1. The number of nitrogens with one attached hydrogen (secondary N) is 2. The van der Waals surface area contributed by atoms with Gasteiger partial charge in [0, 0.05) is 30.9 Å². The molecule has 0 aliphatic heterocycles. The molecule has 0 fully saturated rings. The van der Waals surface area contributed by atoms with Crippen molar-refractivity contribution in [3.05, 3.63) is 66.0 Å². The van der Waals surface area contributed by atoms with Gasteiger partial charge in [0.05, 0.1) is 6.10 Å². The highest BCUT2D eigenvalue weighted by Gasteiger charge is 2.07. The third-order valence-electron chi connectivity index (χ3n) is 3.37. The number of aliphatic hydroxyl groups excluding tert-OH is 1. The third kappa shape index (κ3) is 2.71. The van der Waals surface area contributed by atoms with Gasteiger partial charge in [0.15, 0.2) is 0 Å². The van der Waals surface area contributed by atoms with E-state index >= 15 is 0 Å². The van der Waals surface area contributed by atoms with Gasteiger partial charge in [0.25, 0.3) is 0 Å². The molecule has 2 heterocycles. The molecule has 1 atom stereocenters. The highest BCUT2D eigenvalue weighted by atomic mass is 16.3. The number of hydrogen-bond acceptors (Lipinski definition) is 3. The Labute approximate surface area is 117 Å². The number of hydrogen-bond donors (Lipinski definition) is 3. The van der Waals surface area contributed by atoms with E-state index < -0.39 is 6.10 Å². The maximum atomic E-state index is 10.1. The van der Waals surface area contributed by atoms with E-state index in [4.69, 9.17) is 0 Å². The largest absolute Gasteiger partial charge is 0.387 e. The van der Waals surface area contributed by atoms with Crippen molar-refractivity contribution in [3.63, 3.8) is 0 Å². The molecule has 4 heteroatoms. The van der Waals surface area contributed by atoms with Gasteiger partial charge in [-0.25, -0.2) is 4.98 Å². The average molecular weight is 267 g/mol. The third-order valence-corrected chi connectivity index (χ3v) is 3.37. The number of aromatic nitrogens is 2. The van der Waals surface area contributed by atoms with Crippen molar-refractivity contribution in [1.29, 1.82) is 0 Å². The molecule has 0 amide bonds. The molecular formula is C16H17N3O. The van der Waals surface area contributed by atoms with Gasteiger partial charge in [0.1, 0.15) is 5.65 Å². The van der Waals surface area contributed by atoms with Gasteiger partial charge in [-0.1, -0.05) is 30.3 Å². The van der Waals surface area contributed by atoms with Crippen LogP contribution in [0.5, 0.6) is 0 Å². The Balaban J connectivity index is 1.60. The number of rotatable bonds is 5. The zero-order valence-electron chi connectivity index (χ0n) is 11.1. The molecule has 0 aliphatic rings. The SMILES string of the molecule is OC(CNCc1c[nH]c2ncccc12)c1ccccc1. The summed E-state index contributed by atoms with van der Waals surface area (Å²) in [5.41, 5.74) is 2.99. The molecule has 20 heavy (non-hydrogen) atoms. The molecule has 0 saturated heterocycles. The first-order valence-corrected chi connectivity index (χ1v) is 6.69. The Kier molecular flexibility index (Phi) is 3.76. The van der Waals surface area contributed by atoms with Gasteiger partial charge in [-0.05, 0) is 23.3 Å². The molecule has 2 aromatic heterocycles. The van der Waals surface area contributed by atoms with Crippen LogP contribution in [-0.2, 0) is 6.54 Å². The maximum absolute atomic E-state index is 10.1. The quantitative estimate of drug-likeness (QED) is 0.665. The van der Waals surface area contributed by atoms with E-state index in [9.17, 15) is 5.11 Å². The summed E-state index contributed by atoms with van der Waals surface area (Å²) >= 11 is 0. The Morgan fingerprint density at radius 3 is 2.85 bits per heavy atom. The maximum Gasteiger partial charge on any atom is 0.137 e. The fourth-order valence-corrected chi connectivity index (χ4v) is 2.30. The van der Waals surface area contributed by atoms with Crippen LogP contribution in [0.2, 0.25) is 0 Å². The van der Waals surface area contributed by atoms with Crippen LogP contribution in [-0.4, -0.2) is 21.6 Å². The summed E-state index contributed by atoms with van der Waals surface area (Å²) in [6.45, 7) is 1.23. The standard InChI is InChI=1S/C16H17N3O/c20-15(12-5-2-1-3-6-12)11-17-9-13-10-19-16-14(13)7-4-8-18-16/h1-8,10,15,17,20H,9,11H2,(H,18,19). The summed E-state index contributed by atoms with van der Waals surface area (Å²) in [6, 6.07) is 13.7. The van der Waals surface area contributed by atoms with Crippen LogP contribution in [0.3, 0.4) is 0 Å². The Hall–Kier alpha value is -2.17. The fraction of sp³-hybridized carbons (Fsp3) is 0.188. The zero-order valence-corrected chi connectivity index (χ0v) is 11.1. The molecule has 3 rings (SSSR count). The highest BCUT2D eigenvalue weighted by Crippen LogP contribution is 2.16. The number of benzene rings is 1. The van der Waals surface area contributed by atoms with Gasteiger partial charge in [0.2, 0.25) is 0 Å². The van der Waals surface area contributed by atoms with Gasteiger partial charge in [-0.2, -0.15) is 0 Å². The second kappa shape index (κ2) is 5.86. The van der Waals surface area contributed by atoms with Crippen LogP contribution < -0.4 is 5.32 Å². The molecule has 1 unspecified atom stereocenters. The van der Waals surface area contributed by atoms with E-state index in [2.05, 4.69) is 15.3 Å². The normalized spacial score (nSPS) is 12.7. The van der Waals surface area contributed by atoms with Crippen molar-refractivity contribution < 1.29 is 5.11 Å². The van der Waals surface area contributed by atoms with E-state index in [0.717, 1.165) is 22.2 Å². The summed E-state index contributed by atoms with van der Waals surface area (Å²) in [5, 5.41) is 14.5. The van der Waals surface area contributed by atoms with Gasteiger partial charge < -0.3 is 15.4 Å². The minimum atomic E-state index is -0.487. The molecule has 0 bridgehead atoms. The molecule has 102 valence electrons. The first-order chi connectivity index (χ1) is 9.84. The van der Waals surface area contributed by atoms with Gasteiger partial charge >= 0.3 is 0 Å². The Morgan fingerprint density at radius 1 is 1.15 bits per heavy atom. The lowest BCUT2D eigenvalue weighted by molar-refractivity contribution is 0.174. The van der Waals surface area contributed by atoms with Crippen molar-refractivity contribution in [1.82, 2.24) is 15.3 Å². The minimum Gasteiger partial charge on any atom is -0.387 e. The van der Waals surface area contributed by atoms with Crippen LogP contribution in [0, 0.1) is 0 Å². The molecule has 3 N–H and O–H groups in total. The molecule has 0 radical (unpaired) electrons. The molecule has 0 spiro atoms. The predicted molar refractivity (Wildman–Crippen MR) is 79.2 cm³/mol. The Bertz CT molecular complexity index is 678. The summed E-state index contributed by atoms with van der Waals surface area (Å²) < 4.78 is 0. The minimum absolute atomic E-state index is 0.487. The van der Waals surface area contributed by atoms with Crippen molar-refractivity contribution in [2.45, 2.75) is 12.6 Å². The smallest absolute Gasteiger partial charge is 0.137 e. The van der Waals surface area contributed by atoms with Gasteiger partial charge in [-0.15, -0.1) is 0 Å². The summed E-state index contributed by atoms with van der Waals surface area (Å²) in [7, 11) is 0. The van der Waals surface area contributed by atoms with Gasteiger partial charge in [-0.3, -0.25) is 0 Å². The van der Waals surface area contributed by atoms with E-state index in [1.54, 1.807) is 6.20 Å². The van der Waals surface area contributed by atoms with Crippen LogP contribution in [0.4, 0.5) is 0 Å².